The van der Waals surface area contributed by atoms with Gasteiger partial charge in [0.1, 0.15) is 5.75 Å². The highest BCUT2D eigenvalue weighted by Gasteiger charge is 2.35. The number of hydrogen-bond acceptors (Lipinski definition) is 3. The third kappa shape index (κ3) is 2.36. The van der Waals surface area contributed by atoms with Crippen molar-refractivity contribution in [3.8, 4) is 5.75 Å². The largest absolute Gasteiger partial charge is 0.506 e. The molecule has 1 aliphatic rings. The first-order chi connectivity index (χ1) is 9.17. The summed E-state index contributed by atoms with van der Waals surface area (Å²) in [5.41, 5.74) is 0.227. The van der Waals surface area contributed by atoms with Crippen LogP contribution >= 0.6 is 0 Å². The Bertz CT molecular complexity index is 542. The lowest BCUT2D eigenvalue weighted by Crippen LogP contribution is -2.32. The Morgan fingerprint density at radius 3 is 2.42 bits per heavy atom. The molecule has 0 aliphatic heterocycles. The van der Waals surface area contributed by atoms with E-state index in [-0.39, 0.29) is 0 Å². The van der Waals surface area contributed by atoms with Crippen LogP contribution in [0.4, 0.5) is 0 Å². The summed E-state index contributed by atoms with van der Waals surface area (Å²) in [5.74, 6) is 0.301. The first-order valence-electron chi connectivity index (χ1n) is 6.67. The molecule has 19 heavy (non-hydrogen) atoms. The SMILES string of the molecule is Oc1ccn(C2CCC(O)(c3ccncc3)CC2)c1. The predicted molar refractivity (Wildman–Crippen MR) is 71.7 cm³/mol. The summed E-state index contributed by atoms with van der Waals surface area (Å²) in [5, 5.41) is 20.1. The maximum atomic E-state index is 10.7. The van der Waals surface area contributed by atoms with E-state index in [4.69, 9.17) is 0 Å². The van der Waals surface area contributed by atoms with Gasteiger partial charge < -0.3 is 14.8 Å². The summed E-state index contributed by atoms with van der Waals surface area (Å²) in [6, 6.07) is 5.84. The van der Waals surface area contributed by atoms with Crippen LogP contribution < -0.4 is 0 Å². The van der Waals surface area contributed by atoms with Gasteiger partial charge >= 0.3 is 0 Å². The summed E-state index contributed by atoms with van der Waals surface area (Å²) in [7, 11) is 0. The molecular formula is C15H18N2O2. The number of hydrogen-bond donors (Lipinski definition) is 2. The van der Waals surface area contributed by atoms with E-state index >= 15 is 0 Å². The zero-order chi connectivity index (χ0) is 13.3. The minimum absolute atomic E-state index is 0.301. The number of aliphatic hydroxyl groups is 1. The summed E-state index contributed by atoms with van der Waals surface area (Å²) in [6.07, 6.45) is 10.4. The quantitative estimate of drug-likeness (QED) is 0.870. The van der Waals surface area contributed by atoms with Gasteiger partial charge in [-0.2, -0.15) is 0 Å². The molecule has 0 amide bonds. The summed E-state index contributed by atoms with van der Waals surface area (Å²) in [6.45, 7) is 0. The zero-order valence-electron chi connectivity index (χ0n) is 10.7. The van der Waals surface area contributed by atoms with Gasteiger partial charge in [0.05, 0.1) is 5.60 Å². The van der Waals surface area contributed by atoms with E-state index in [2.05, 4.69) is 4.98 Å². The van der Waals surface area contributed by atoms with Gasteiger partial charge in [0, 0.05) is 30.8 Å². The molecule has 0 aromatic carbocycles. The Balaban J connectivity index is 1.72. The number of nitrogens with zero attached hydrogens (tertiary/aromatic N) is 2. The Morgan fingerprint density at radius 2 is 1.84 bits per heavy atom. The summed E-state index contributed by atoms with van der Waals surface area (Å²) < 4.78 is 2.04. The second kappa shape index (κ2) is 4.70. The van der Waals surface area contributed by atoms with Gasteiger partial charge in [0.25, 0.3) is 0 Å². The van der Waals surface area contributed by atoms with E-state index in [0.717, 1.165) is 31.2 Å². The third-order valence-corrected chi connectivity index (χ3v) is 4.12. The number of aromatic hydroxyl groups is 1. The summed E-state index contributed by atoms with van der Waals surface area (Å²) in [4.78, 5) is 3.99. The van der Waals surface area contributed by atoms with Crippen LogP contribution in [0.25, 0.3) is 0 Å². The molecule has 2 aromatic rings. The van der Waals surface area contributed by atoms with Gasteiger partial charge in [-0.1, -0.05) is 0 Å². The third-order valence-electron chi connectivity index (χ3n) is 4.12. The average molecular weight is 258 g/mol. The molecule has 0 radical (unpaired) electrons. The lowest BCUT2D eigenvalue weighted by atomic mass is 9.78. The average Bonchev–Trinajstić information content (AvgIpc) is 2.87. The molecule has 0 atom stereocenters. The molecule has 4 nitrogen and oxygen atoms in total. The number of rotatable bonds is 2. The highest BCUT2D eigenvalue weighted by Crippen LogP contribution is 2.41. The molecule has 100 valence electrons. The van der Waals surface area contributed by atoms with Crippen molar-refractivity contribution in [1.82, 2.24) is 9.55 Å². The van der Waals surface area contributed by atoms with Crippen LogP contribution in [0.1, 0.15) is 37.3 Å². The van der Waals surface area contributed by atoms with Crippen molar-refractivity contribution < 1.29 is 10.2 Å². The smallest absolute Gasteiger partial charge is 0.133 e. The minimum Gasteiger partial charge on any atom is -0.506 e. The zero-order valence-corrected chi connectivity index (χ0v) is 10.7. The van der Waals surface area contributed by atoms with Crippen LogP contribution in [-0.4, -0.2) is 19.8 Å². The second-order valence-electron chi connectivity index (χ2n) is 5.32. The topological polar surface area (TPSA) is 58.3 Å². The van der Waals surface area contributed by atoms with Crippen molar-refractivity contribution in [2.45, 2.75) is 37.3 Å². The number of pyridine rings is 1. The Kier molecular flexibility index (Phi) is 3.03. The van der Waals surface area contributed by atoms with E-state index in [1.807, 2.05) is 22.9 Å². The van der Waals surface area contributed by atoms with Gasteiger partial charge in [-0.05, 0) is 49.4 Å². The van der Waals surface area contributed by atoms with Gasteiger partial charge in [-0.25, -0.2) is 0 Å². The first kappa shape index (κ1) is 12.2. The maximum Gasteiger partial charge on any atom is 0.133 e. The van der Waals surface area contributed by atoms with Crippen molar-refractivity contribution in [2.24, 2.45) is 0 Å². The fourth-order valence-electron chi connectivity index (χ4n) is 2.96. The standard InChI is InChI=1S/C15H18N2O2/c18-14-5-10-17(11-14)13-1-6-15(19,7-2-13)12-3-8-16-9-4-12/h3-5,8-11,13,18-19H,1-2,6-7H2. The molecule has 1 saturated carbocycles. The van der Waals surface area contributed by atoms with Crippen LogP contribution in [0.2, 0.25) is 0 Å². The Hall–Kier alpha value is -1.81. The van der Waals surface area contributed by atoms with Crippen LogP contribution in [0.3, 0.4) is 0 Å². The lowest BCUT2D eigenvalue weighted by molar-refractivity contribution is -0.0123. The Morgan fingerprint density at radius 1 is 1.16 bits per heavy atom. The molecule has 0 saturated heterocycles. The van der Waals surface area contributed by atoms with E-state index in [1.54, 1.807) is 24.7 Å². The maximum absolute atomic E-state index is 10.7. The molecule has 0 unspecified atom stereocenters. The normalized spacial score (nSPS) is 27.3. The van der Waals surface area contributed by atoms with Crippen molar-refractivity contribution >= 4 is 0 Å². The molecule has 2 heterocycles. The van der Waals surface area contributed by atoms with Gasteiger partial charge in [-0.3, -0.25) is 4.98 Å². The van der Waals surface area contributed by atoms with E-state index in [1.165, 1.54) is 0 Å². The molecule has 2 N–H and O–H groups in total. The van der Waals surface area contributed by atoms with Crippen LogP contribution in [0.15, 0.2) is 43.0 Å². The van der Waals surface area contributed by atoms with Crippen LogP contribution in [0.5, 0.6) is 5.75 Å². The molecule has 1 aliphatic carbocycles. The minimum atomic E-state index is -0.728. The van der Waals surface area contributed by atoms with Crippen molar-refractivity contribution in [1.29, 1.82) is 0 Å². The number of aromatic nitrogens is 2. The molecular weight excluding hydrogens is 240 g/mol. The lowest BCUT2D eigenvalue weighted by Gasteiger charge is -2.36. The highest BCUT2D eigenvalue weighted by molar-refractivity contribution is 5.21. The molecule has 0 bridgehead atoms. The van der Waals surface area contributed by atoms with Crippen LogP contribution in [0, 0.1) is 0 Å². The van der Waals surface area contributed by atoms with Crippen molar-refractivity contribution in [3.63, 3.8) is 0 Å². The second-order valence-corrected chi connectivity index (χ2v) is 5.32. The van der Waals surface area contributed by atoms with Crippen molar-refractivity contribution in [3.05, 3.63) is 48.5 Å². The van der Waals surface area contributed by atoms with Crippen molar-refractivity contribution in [2.75, 3.05) is 0 Å². The van der Waals surface area contributed by atoms with Gasteiger partial charge in [0.15, 0.2) is 0 Å². The Labute approximate surface area is 112 Å². The summed E-state index contributed by atoms with van der Waals surface area (Å²) >= 11 is 0. The predicted octanol–water partition coefficient (Wildman–Crippen LogP) is 2.59. The first-order valence-corrected chi connectivity index (χ1v) is 6.67. The van der Waals surface area contributed by atoms with E-state index in [0.29, 0.717) is 11.8 Å². The highest BCUT2D eigenvalue weighted by atomic mass is 16.3. The molecule has 2 aromatic heterocycles. The fraction of sp³-hybridized carbons (Fsp3) is 0.400. The molecule has 0 spiro atoms. The molecule has 4 heteroatoms. The monoisotopic (exact) mass is 258 g/mol. The molecule has 1 fully saturated rings. The van der Waals surface area contributed by atoms with E-state index < -0.39 is 5.60 Å². The van der Waals surface area contributed by atoms with Gasteiger partial charge in [-0.15, -0.1) is 0 Å². The van der Waals surface area contributed by atoms with E-state index in [9.17, 15) is 10.2 Å². The fourth-order valence-corrected chi connectivity index (χ4v) is 2.96. The van der Waals surface area contributed by atoms with Crippen LogP contribution in [-0.2, 0) is 5.60 Å². The molecule has 3 rings (SSSR count). The van der Waals surface area contributed by atoms with Gasteiger partial charge in [0.2, 0.25) is 0 Å².